The molecule has 0 aliphatic carbocycles. The molecule has 1 aliphatic rings. The van der Waals surface area contributed by atoms with E-state index in [2.05, 4.69) is 10.2 Å². The van der Waals surface area contributed by atoms with Gasteiger partial charge in [0.25, 0.3) is 0 Å². The molecule has 26 heavy (non-hydrogen) atoms. The molecule has 0 bridgehead atoms. The highest BCUT2D eigenvalue weighted by Crippen LogP contribution is 2.24. The number of ether oxygens (including phenoxy) is 2. The number of benzene rings is 1. The molecule has 1 amide bonds. The maximum atomic E-state index is 11.8. The lowest BCUT2D eigenvalue weighted by Gasteiger charge is -2.21. The van der Waals surface area contributed by atoms with Crippen LogP contribution < -0.4 is 10.1 Å². The third-order valence-electron chi connectivity index (χ3n) is 4.32. The molecule has 1 atom stereocenters. The Morgan fingerprint density at radius 1 is 1.38 bits per heavy atom. The zero-order valence-corrected chi connectivity index (χ0v) is 17.1. The predicted octanol–water partition coefficient (Wildman–Crippen LogP) is 4.13. The molecule has 1 heterocycles. The van der Waals surface area contributed by atoms with Crippen LogP contribution in [-0.4, -0.2) is 49.4 Å². The van der Waals surface area contributed by atoms with Crippen molar-refractivity contribution in [3.05, 3.63) is 28.8 Å². The minimum Gasteiger partial charge on any atom is -0.494 e. The summed E-state index contributed by atoms with van der Waals surface area (Å²) in [5, 5.41) is 3.62. The molecule has 1 unspecified atom stereocenters. The summed E-state index contributed by atoms with van der Waals surface area (Å²) in [6.45, 7) is 11.9. The second kappa shape index (κ2) is 9.47. The van der Waals surface area contributed by atoms with Crippen LogP contribution in [0.3, 0.4) is 0 Å². The zero-order chi connectivity index (χ0) is 19.2. The average Bonchev–Trinajstić information content (AvgIpc) is 3.00. The number of alkyl carbamates (subject to hydrolysis) is 1. The van der Waals surface area contributed by atoms with Crippen LogP contribution >= 0.6 is 11.6 Å². The lowest BCUT2D eigenvalue weighted by Crippen LogP contribution is -2.36. The molecule has 1 N–H and O–H groups in total. The fourth-order valence-corrected chi connectivity index (χ4v) is 3.34. The average molecular weight is 383 g/mol. The van der Waals surface area contributed by atoms with E-state index in [-0.39, 0.29) is 6.09 Å². The van der Waals surface area contributed by atoms with Crippen LogP contribution in [0, 0.1) is 5.92 Å². The van der Waals surface area contributed by atoms with Gasteiger partial charge in [0.15, 0.2) is 0 Å². The maximum Gasteiger partial charge on any atom is 0.407 e. The Morgan fingerprint density at radius 3 is 2.85 bits per heavy atom. The summed E-state index contributed by atoms with van der Waals surface area (Å²) in [5.74, 6) is 1.38. The highest BCUT2D eigenvalue weighted by atomic mass is 35.5. The molecule has 0 saturated carbocycles. The molecule has 1 saturated heterocycles. The molecule has 6 heteroatoms. The van der Waals surface area contributed by atoms with Gasteiger partial charge in [0.1, 0.15) is 11.4 Å². The minimum atomic E-state index is -0.457. The first kappa shape index (κ1) is 20.8. The molecule has 1 aromatic rings. The topological polar surface area (TPSA) is 50.8 Å². The highest BCUT2D eigenvalue weighted by Gasteiger charge is 2.24. The second-order valence-electron chi connectivity index (χ2n) is 7.77. The van der Waals surface area contributed by atoms with Crippen LogP contribution in [0.2, 0.25) is 5.02 Å². The summed E-state index contributed by atoms with van der Waals surface area (Å²) in [6, 6.07) is 5.80. The maximum absolute atomic E-state index is 11.8. The first-order valence-electron chi connectivity index (χ1n) is 9.37. The fraction of sp³-hybridized carbons (Fsp3) is 0.650. The Hall–Kier alpha value is -1.46. The van der Waals surface area contributed by atoms with Gasteiger partial charge < -0.3 is 19.7 Å². The molecule has 146 valence electrons. The third-order valence-corrected chi connectivity index (χ3v) is 4.56. The zero-order valence-electron chi connectivity index (χ0n) is 16.3. The molecule has 1 aromatic carbocycles. The summed E-state index contributed by atoms with van der Waals surface area (Å²) >= 11 is 6.13. The van der Waals surface area contributed by atoms with Gasteiger partial charge in [-0.25, -0.2) is 4.79 Å². The van der Waals surface area contributed by atoms with Gasteiger partial charge in [-0.3, -0.25) is 0 Å². The van der Waals surface area contributed by atoms with Crippen molar-refractivity contribution in [3.63, 3.8) is 0 Å². The smallest absolute Gasteiger partial charge is 0.407 e. The van der Waals surface area contributed by atoms with E-state index in [1.165, 1.54) is 0 Å². The Labute approximate surface area is 162 Å². The van der Waals surface area contributed by atoms with Gasteiger partial charge in [-0.15, -0.1) is 0 Å². The van der Waals surface area contributed by atoms with Crippen LogP contribution in [0.4, 0.5) is 4.79 Å². The molecule has 1 aliphatic heterocycles. The van der Waals surface area contributed by atoms with Gasteiger partial charge in [-0.05, 0) is 76.8 Å². The van der Waals surface area contributed by atoms with Crippen molar-refractivity contribution in [2.24, 2.45) is 5.92 Å². The molecule has 1 fully saturated rings. The molecule has 5 nitrogen and oxygen atoms in total. The van der Waals surface area contributed by atoms with Gasteiger partial charge in [-0.1, -0.05) is 11.6 Å². The standard InChI is InChI=1S/C20H31ClN2O3/c1-5-25-18-7-6-17(21)12-16(18)9-11-23-10-8-15(14-23)13-22-19(24)26-20(2,3)4/h6-7,12,15H,5,8-11,13-14H2,1-4H3,(H,22,24). The summed E-state index contributed by atoms with van der Waals surface area (Å²) < 4.78 is 11.0. The highest BCUT2D eigenvalue weighted by molar-refractivity contribution is 6.30. The molecule has 0 spiro atoms. The van der Waals surface area contributed by atoms with Crippen molar-refractivity contribution in [2.45, 2.75) is 46.1 Å². The van der Waals surface area contributed by atoms with E-state index in [0.29, 0.717) is 19.1 Å². The minimum absolute atomic E-state index is 0.337. The number of hydrogen-bond donors (Lipinski definition) is 1. The van der Waals surface area contributed by atoms with Crippen LogP contribution in [0.5, 0.6) is 5.75 Å². The van der Waals surface area contributed by atoms with Crippen molar-refractivity contribution in [1.82, 2.24) is 10.2 Å². The number of likely N-dealkylation sites (tertiary alicyclic amines) is 1. The lowest BCUT2D eigenvalue weighted by molar-refractivity contribution is 0.0519. The Bertz CT molecular complexity index is 601. The fourth-order valence-electron chi connectivity index (χ4n) is 3.14. The van der Waals surface area contributed by atoms with E-state index in [4.69, 9.17) is 21.1 Å². The summed E-state index contributed by atoms with van der Waals surface area (Å²) in [5.41, 5.74) is 0.691. The lowest BCUT2D eigenvalue weighted by atomic mass is 10.1. The van der Waals surface area contributed by atoms with Crippen LogP contribution in [0.15, 0.2) is 18.2 Å². The van der Waals surface area contributed by atoms with Crippen molar-refractivity contribution in [3.8, 4) is 5.75 Å². The van der Waals surface area contributed by atoms with E-state index < -0.39 is 5.60 Å². The quantitative estimate of drug-likeness (QED) is 0.770. The SMILES string of the molecule is CCOc1ccc(Cl)cc1CCN1CCC(CNC(=O)OC(C)(C)C)C1. The summed E-state index contributed by atoms with van der Waals surface area (Å²) in [6.07, 6.45) is 1.66. The molecular formula is C20H31ClN2O3. The van der Waals surface area contributed by atoms with E-state index in [1.54, 1.807) is 0 Å². The van der Waals surface area contributed by atoms with Crippen LogP contribution in [0.1, 0.15) is 39.7 Å². The van der Waals surface area contributed by atoms with Crippen molar-refractivity contribution in [1.29, 1.82) is 0 Å². The second-order valence-corrected chi connectivity index (χ2v) is 8.21. The monoisotopic (exact) mass is 382 g/mol. The number of nitrogens with one attached hydrogen (secondary N) is 1. The normalized spacial score (nSPS) is 18.0. The number of amides is 1. The predicted molar refractivity (Wildman–Crippen MR) is 105 cm³/mol. The summed E-state index contributed by atoms with van der Waals surface area (Å²) in [4.78, 5) is 14.2. The van der Waals surface area contributed by atoms with Crippen LogP contribution in [0.25, 0.3) is 0 Å². The van der Waals surface area contributed by atoms with Crippen molar-refractivity contribution >= 4 is 17.7 Å². The van der Waals surface area contributed by atoms with Gasteiger partial charge in [-0.2, -0.15) is 0 Å². The largest absolute Gasteiger partial charge is 0.494 e. The molecule has 0 radical (unpaired) electrons. The van der Waals surface area contributed by atoms with E-state index in [0.717, 1.165) is 48.8 Å². The number of hydrogen-bond acceptors (Lipinski definition) is 4. The Kier molecular flexibility index (Phi) is 7.59. The Balaban J connectivity index is 1.76. The number of nitrogens with zero attached hydrogens (tertiary/aromatic N) is 1. The van der Waals surface area contributed by atoms with E-state index in [9.17, 15) is 4.79 Å². The van der Waals surface area contributed by atoms with Gasteiger partial charge in [0.05, 0.1) is 6.61 Å². The molecule has 2 rings (SSSR count). The third kappa shape index (κ3) is 7.04. The van der Waals surface area contributed by atoms with Crippen molar-refractivity contribution in [2.75, 3.05) is 32.8 Å². The Morgan fingerprint density at radius 2 is 2.15 bits per heavy atom. The van der Waals surface area contributed by atoms with Gasteiger partial charge in [0.2, 0.25) is 0 Å². The summed E-state index contributed by atoms with van der Waals surface area (Å²) in [7, 11) is 0. The first-order valence-corrected chi connectivity index (χ1v) is 9.75. The van der Waals surface area contributed by atoms with E-state index >= 15 is 0 Å². The molecular weight excluding hydrogens is 352 g/mol. The van der Waals surface area contributed by atoms with E-state index in [1.807, 2.05) is 45.9 Å². The van der Waals surface area contributed by atoms with Crippen LogP contribution in [-0.2, 0) is 11.2 Å². The van der Waals surface area contributed by atoms with Gasteiger partial charge in [0, 0.05) is 24.7 Å². The number of carbonyl (C=O) groups is 1. The first-order chi connectivity index (χ1) is 12.3. The number of carbonyl (C=O) groups excluding carboxylic acids is 1. The number of halogens is 1. The van der Waals surface area contributed by atoms with Crippen molar-refractivity contribution < 1.29 is 14.3 Å². The van der Waals surface area contributed by atoms with Gasteiger partial charge >= 0.3 is 6.09 Å². The number of rotatable bonds is 7. The molecule has 0 aromatic heterocycles.